The zero-order chi connectivity index (χ0) is 20.6. The molecule has 3 N–H and O–H groups in total. The molecule has 1 heterocycles. The highest BCUT2D eigenvalue weighted by Gasteiger charge is 2.07. The molecule has 0 saturated carbocycles. The first-order chi connectivity index (χ1) is 14.0. The van der Waals surface area contributed by atoms with Gasteiger partial charge in [0, 0.05) is 42.1 Å². The van der Waals surface area contributed by atoms with Crippen LogP contribution in [0.4, 0.5) is 16.2 Å². The van der Waals surface area contributed by atoms with Crippen molar-refractivity contribution in [2.75, 3.05) is 10.6 Å². The Kier molecular flexibility index (Phi) is 6.80. The highest BCUT2D eigenvalue weighted by atomic mass is 32.2. The third-order valence-corrected chi connectivity index (χ3v) is 4.78. The van der Waals surface area contributed by atoms with E-state index in [2.05, 4.69) is 25.9 Å². The minimum absolute atomic E-state index is 0.135. The van der Waals surface area contributed by atoms with Gasteiger partial charge in [-0.25, -0.2) is 14.8 Å². The van der Waals surface area contributed by atoms with Crippen LogP contribution in [-0.2, 0) is 11.3 Å². The number of aromatic nitrogens is 2. The molecule has 0 spiro atoms. The summed E-state index contributed by atoms with van der Waals surface area (Å²) < 4.78 is 0. The SMILES string of the molecule is CC(=O)Nc1cccc(CNC(=O)Nc2ccc(Sc3ncccn3)cc2C)c1. The van der Waals surface area contributed by atoms with E-state index in [1.54, 1.807) is 24.5 Å². The molecule has 1 aromatic heterocycles. The molecule has 29 heavy (non-hydrogen) atoms. The molecule has 0 aliphatic heterocycles. The summed E-state index contributed by atoms with van der Waals surface area (Å²) in [5, 5.41) is 9.08. The fraction of sp³-hybridized carbons (Fsp3) is 0.143. The number of nitrogens with zero attached hydrogens (tertiary/aromatic N) is 2. The molecule has 0 radical (unpaired) electrons. The van der Waals surface area contributed by atoms with Crippen molar-refractivity contribution in [1.82, 2.24) is 15.3 Å². The fourth-order valence-electron chi connectivity index (χ4n) is 2.59. The number of urea groups is 1. The zero-order valence-electron chi connectivity index (χ0n) is 16.1. The second kappa shape index (κ2) is 9.70. The van der Waals surface area contributed by atoms with Gasteiger partial charge >= 0.3 is 6.03 Å². The van der Waals surface area contributed by atoms with Crippen LogP contribution in [-0.4, -0.2) is 21.9 Å². The van der Waals surface area contributed by atoms with Gasteiger partial charge in [0.15, 0.2) is 5.16 Å². The zero-order valence-corrected chi connectivity index (χ0v) is 16.9. The van der Waals surface area contributed by atoms with Gasteiger partial charge in [0.2, 0.25) is 5.91 Å². The molecule has 0 atom stereocenters. The number of nitrogens with one attached hydrogen (secondary N) is 3. The van der Waals surface area contributed by atoms with Crippen molar-refractivity contribution in [3.8, 4) is 0 Å². The number of aryl methyl sites for hydroxylation is 1. The van der Waals surface area contributed by atoms with Crippen LogP contribution in [0.25, 0.3) is 0 Å². The maximum Gasteiger partial charge on any atom is 0.319 e. The average molecular weight is 407 g/mol. The molecule has 7 nitrogen and oxygen atoms in total. The van der Waals surface area contributed by atoms with Crippen molar-refractivity contribution in [2.45, 2.75) is 30.4 Å². The second-order valence-corrected chi connectivity index (χ2v) is 7.34. The lowest BCUT2D eigenvalue weighted by Gasteiger charge is -2.12. The van der Waals surface area contributed by atoms with Crippen molar-refractivity contribution < 1.29 is 9.59 Å². The topological polar surface area (TPSA) is 96.0 Å². The highest BCUT2D eigenvalue weighted by molar-refractivity contribution is 7.99. The molecule has 148 valence electrons. The van der Waals surface area contributed by atoms with E-state index in [0.29, 0.717) is 17.4 Å². The maximum absolute atomic E-state index is 12.3. The van der Waals surface area contributed by atoms with E-state index in [1.165, 1.54) is 18.7 Å². The van der Waals surface area contributed by atoms with Crippen LogP contribution in [0.5, 0.6) is 0 Å². The summed E-state index contributed by atoms with van der Waals surface area (Å²) in [6.45, 7) is 3.73. The summed E-state index contributed by atoms with van der Waals surface area (Å²) in [7, 11) is 0. The van der Waals surface area contributed by atoms with Gasteiger partial charge in [-0.1, -0.05) is 12.1 Å². The molecule has 2 aromatic carbocycles. The predicted octanol–water partition coefficient (Wildman–Crippen LogP) is 4.22. The van der Waals surface area contributed by atoms with E-state index >= 15 is 0 Å². The molecule has 0 unspecified atom stereocenters. The van der Waals surface area contributed by atoms with Crippen molar-refractivity contribution in [1.29, 1.82) is 0 Å². The van der Waals surface area contributed by atoms with Crippen LogP contribution in [0.3, 0.4) is 0 Å². The van der Waals surface area contributed by atoms with Gasteiger partial charge in [0.05, 0.1) is 0 Å². The maximum atomic E-state index is 12.3. The molecule has 0 aliphatic rings. The van der Waals surface area contributed by atoms with Crippen LogP contribution in [0.15, 0.2) is 71.0 Å². The monoisotopic (exact) mass is 407 g/mol. The van der Waals surface area contributed by atoms with Gasteiger partial charge in [0.1, 0.15) is 0 Å². The molecule has 0 saturated heterocycles. The first-order valence-electron chi connectivity index (χ1n) is 8.96. The smallest absolute Gasteiger partial charge is 0.319 e. The Hall–Kier alpha value is -3.39. The van der Waals surface area contributed by atoms with Crippen molar-refractivity contribution in [2.24, 2.45) is 0 Å². The Balaban J connectivity index is 1.56. The third-order valence-electron chi connectivity index (χ3n) is 3.90. The molecule has 0 fully saturated rings. The number of carbonyl (C=O) groups is 2. The van der Waals surface area contributed by atoms with Gasteiger partial charge < -0.3 is 16.0 Å². The summed E-state index contributed by atoms with van der Waals surface area (Å²) in [4.78, 5) is 32.8. The minimum atomic E-state index is -0.301. The average Bonchev–Trinajstić information content (AvgIpc) is 2.69. The summed E-state index contributed by atoms with van der Waals surface area (Å²) in [6, 6.07) is 14.6. The van der Waals surface area contributed by atoms with Crippen LogP contribution in [0, 0.1) is 6.92 Å². The van der Waals surface area contributed by atoms with Crippen molar-refractivity contribution >= 4 is 35.1 Å². The predicted molar refractivity (Wildman–Crippen MR) is 114 cm³/mol. The first kappa shape index (κ1) is 20.3. The normalized spacial score (nSPS) is 10.3. The molecule has 0 aliphatic carbocycles. The van der Waals surface area contributed by atoms with Crippen LogP contribution in [0.2, 0.25) is 0 Å². The van der Waals surface area contributed by atoms with E-state index in [-0.39, 0.29) is 11.9 Å². The number of hydrogen-bond donors (Lipinski definition) is 3. The quantitative estimate of drug-likeness (QED) is 0.532. The van der Waals surface area contributed by atoms with E-state index in [4.69, 9.17) is 0 Å². The largest absolute Gasteiger partial charge is 0.334 e. The van der Waals surface area contributed by atoms with Crippen molar-refractivity contribution in [3.63, 3.8) is 0 Å². The fourth-order valence-corrected chi connectivity index (χ4v) is 3.40. The highest BCUT2D eigenvalue weighted by Crippen LogP contribution is 2.27. The Morgan fingerprint density at radius 3 is 2.52 bits per heavy atom. The van der Waals surface area contributed by atoms with Crippen LogP contribution >= 0.6 is 11.8 Å². The summed E-state index contributed by atoms with van der Waals surface area (Å²) in [6.07, 6.45) is 3.41. The van der Waals surface area contributed by atoms with E-state index in [1.807, 2.05) is 43.3 Å². The van der Waals surface area contributed by atoms with Gasteiger partial charge in [-0.15, -0.1) is 0 Å². The molecule has 3 amide bonds. The van der Waals surface area contributed by atoms with E-state index < -0.39 is 0 Å². The number of anilines is 2. The summed E-state index contributed by atoms with van der Waals surface area (Å²) >= 11 is 1.46. The number of rotatable bonds is 6. The Labute approximate surface area is 173 Å². The van der Waals surface area contributed by atoms with Crippen molar-refractivity contribution in [3.05, 3.63) is 72.1 Å². The molecule has 8 heteroatoms. The standard InChI is InChI=1S/C21H21N5O2S/c1-14-11-18(29-21-22-9-4-10-23-21)7-8-19(14)26-20(28)24-13-16-5-3-6-17(12-16)25-15(2)27/h3-12H,13H2,1-2H3,(H,25,27)(H2,24,26,28). The molecular weight excluding hydrogens is 386 g/mol. The van der Waals surface area contributed by atoms with Gasteiger partial charge in [-0.05, 0) is 66.2 Å². The summed E-state index contributed by atoms with van der Waals surface area (Å²) in [5.74, 6) is -0.135. The molecule has 3 aromatic rings. The van der Waals surface area contributed by atoms with Gasteiger partial charge in [-0.2, -0.15) is 0 Å². The van der Waals surface area contributed by atoms with Gasteiger partial charge in [0.25, 0.3) is 0 Å². The van der Waals surface area contributed by atoms with Crippen LogP contribution < -0.4 is 16.0 Å². The Morgan fingerprint density at radius 1 is 1.00 bits per heavy atom. The van der Waals surface area contributed by atoms with E-state index in [9.17, 15) is 9.59 Å². The molecular formula is C21H21N5O2S. The first-order valence-corrected chi connectivity index (χ1v) is 9.78. The molecule has 0 bridgehead atoms. The second-order valence-electron chi connectivity index (χ2n) is 6.30. The lowest BCUT2D eigenvalue weighted by atomic mass is 10.2. The number of benzene rings is 2. The number of hydrogen-bond acceptors (Lipinski definition) is 5. The minimum Gasteiger partial charge on any atom is -0.334 e. The third kappa shape index (κ3) is 6.32. The summed E-state index contributed by atoms with van der Waals surface area (Å²) in [5.41, 5.74) is 3.25. The number of amides is 3. The van der Waals surface area contributed by atoms with E-state index in [0.717, 1.165) is 21.7 Å². The lowest BCUT2D eigenvalue weighted by molar-refractivity contribution is -0.114. The van der Waals surface area contributed by atoms with Gasteiger partial charge in [-0.3, -0.25) is 4.79 Å². The molecule has 3 rings (SSSR count). The Morgan fingerprint density at radius 2 is 1.79 bits per heavy atom. The lowest BCUT2D eigenvalue weighted by Crippen LogP contribution is -2.28. The number of carbonyl (C=O) groups excluding carboxylic acids is 2. The Bertz CT molecular complexity index is 1010. The van der Waals surface area contributed by atoms with Crippen LogP contribution in [0.1, 0.15) is 18.1 Å².